The van der Waals surface area contributed by atoms with Gasteiger partial charge in [-0.1, -0.05) is 50.4 Å². The van der Waals surface area contributed by atoms with E-state index in [0.29, 0.717) is 16.9 Å². The molecule has 0 unspecified atom stereocenters. The van der Waals surface area contributed by atoms with Gasteiger partial charge < -0.3 is 5.32 Å². The average molecular weight is 292 g/mol. The van der Waals surface area contributed by atoms with Crippen LogP contribution in [0, 0.1) is 5.41 Å². The molecule has 0 saturated heterocycles. The molecule has 0 amide bonds. The van der Waals surface area contributed by atoms with Crippen LogP contribution in [0.2, 0.25) is 5.02 Å². The van der Waals surface area contributed by atoms with Gasteiger partial charge in [-0.15, -0.1) is 0 Å². The molecular weight excluding hydrogens is 266 g/mol. The van der Waals surface area contributed by atoms with E-state index in [2.05, 4.69) is 37.4 Å². The molecule has 2 aliphatic carbocycles. The molecule has 1 aromatic carbocycles. The molecular formula is C18H26ClN. The molecule has 0 heterocycles. The van der Waals surface area contributed by atoms with Crippen molar-refractivity contribution < 1.29 is 0 Å². The Morgan fingerprint density at radius 1 is 1.20 bits per heavy atom. The third-order valence-corrected chi connectivity index (χ3v) is 5.61. The number of rotatable bonds is 4. The quantitative estimate of drug-likeness (QED) is 0.829. The van der Waals surface area contributed by atoms with Crippen LogP contribution in [-0.2, 0) is 5.41 Å². The van der Waals surface area contributed by atoms with Gasteiger partial charge in [-0.25, -0.2) is 0 Å². The fourth-order valence-electron chi connectivity index (χ4n) is 4.51. The van der Waals surface area contributed by atoms with E-state index >= 15 is 0 Å². The molecule has 0 bridgehead atoms. The summed E-state index contributed by atoms with van der Waals surface area (Å²) in [6, 6.07) is 9.10. The van der Waals surface area contributed by atoms with E-state index in [0.717, 1.165) is 11.6 Å². The zero-order valence-electron chi connectivity index (χ0n) is 12.7. The Morgan fingerprint density at radius 3 is 2.50 bits per heavy atom. The summed E-state index contributed by atoms with van der Waals surface area (Å²) in [4.78, 5) is 0. The predicted molar refractivity (Wildman–Crippen MR) is 86.4 cm³/mol. The summed E-state index contributed by atoms with van der Waals surface area (Å²) in [5.74, 6) is 0. The van der Waals surface area contributed by atoms with Gasteiger partial charge in [0.1, 0.15) is 0 Å². The van der Waals surface area contributed by atoms with Gasteiger partial charge in [0.15, 0.2) is 0 Å². The van der Waals surface area contributed by atoms with E-state index in [4.69, 9.17) is 11.6 Å². The molecule has 0 atom stereocenters. The molecule has 110 valence electrons. The van der Waals surface area contributed by atoms with Crippen molar-refractivity contribution in [1.82, 2.24) is 5.32 Å². The highest BCUT2D eigenvalue weighted by molar-refractivity contribution is 6.30. The normalized spacial score (nSPS) is 23.2. The molecule has 0 radical (unpaired) electrons. The van der Waals surface area contributed by atoms with Crippen LogP contribution in [-0.4, -0.2) is 12.6 Å². The van der Waals surface area contributed by atoms with Crippen LogP contribution in [0.4, 0.5) is 0 Å². The Hall–Kier alpha value is -0.530. The molecule has 0 aliphatic heterocycles. The van der Waals surface area contributed by atoms with E-state index in [1.807, 2.05) is 6.07 Å². The smallest absolute Gasteiger partial charge is 0.0408 e. The van der Waals surface area contributed by atoms with Crippen LogP contribution in [0.3, 0.4) is 0 Å². The highest BCUT2D eigenvalue weighted by atomic mass is 35.5. The standard InChI is InChI=1S/C18H26ClN/c1-14(2)20-13-18(15-6-5-7-16(19)10-15)11-17(12-18)8-3-4-9-17/h5-7,10,14,20H,3-4,8-9,11-13H2,1-2H3. The topological polar surface area (TPSA) is 12.0 Å². The first-order valence-corrected chi connectivity index (χ1v) is 8.41. The van der Waals surface area contributed by atoms with E-state index in [1.54, 1.807) is 0 Å². The molecule has 1 aromatic rings. The predicted octanol–water partition coefficient (Wildman–Crippen LogP) is 4.93. The lowest BCUT2D eigenvalue weighted by molar-refractivity contribution is 0.0258. The van der Waals surface area contributed by atoms with Gasteiger partial charge in [0.25, 0.3) is 0 Å². The highest BCUT2D eigenvalue weighted by Crippen LogP contribution is 2.62. The fourth-order valence-corrected chi connectivity index (χ4v) is 4.70. The molecule has 2 aliphatic rings. The lowest BCUT2D eigenvalue weighted by Gasteiger charge is -2.56. The minimum atomic E-state index is 0.319. The second kappa shape index (κ2) is 5.35. The Bertz CT molecular complexity index is 466. The lowest BCUT2D eigenvalue weighted by Crippen LogP contribution is -2.54. The first kappa shape index (κ1) is 14.4. The van der Waals surface area contributed by atoms with Gasteiger partial charge in [0.05, 0.1) is 0 Å². The maximum absolute atomic E-state index is 6.23. The molecule has 1 spiro atoms. The van der Waals surface area contributed by atoms with Gasteiger partial charge in [-0.2, -0.15) is 0 Å². The van der Waals surface area contributed by atoms with Crippen molar-refractivity contribution in [3.8, 4) is 0 Å². The van der Waals surface area contributed by atoms with Crippen molar-refractivity contribution in [2.75, 3.05) is 6.54 Å². The summed E-state index contributed by atoms with van der Waals surface area (Å²) in [5, 5.41) is 4.54. The zero-order valence-corrected chi connectivity index (χ0v) is 13.5. The minimum absolute atomic E-state index is 0.319. The van der Waals surface area contributed by atoms with Crippen LogP contribution in [0.25, 0.3) is 0 Å². The van der Waals surface area contributed by atoms with Gasteiger partial charge in [0, 0.05) is 23.0 Å². The van der Waals surface area contributed by atoms with E-state index in [1.165, 1.54) is 44.1 Å². The number of hydrogen-bond donors (Lipinski definition) is 1. The van der Waals surface area contributed by atoms with E-state index in [-0.39, 0.29) is 0 Å². The average Bonchev–Trinajstić information content (AvgIpc) is 2.83. The molecule has 2 heteroatoms. The number of halogens is 1. The van der Waals surface area contributed by atoms with Crippen molar-refractivity contribution in [3.05, 3.63) is 34.9 Å². The van der Waals surface area contributed by atoms with Gasteiger partial charge in [-0.05, 0) is 48.8 Å². The Balaban J connectivity index is 1.82. The Kier molecular flexibility index (Phi) is 3.85. The SMILES string of the molecule is CC(C)NCC1(c2cccc(Cl)c2)CC2(CCCC2)C1. The summed E-state index contributed by atoms with van der Waals surface area (Å²) in [6.45, 7) is 5.55. The largest absolute Gasteiger partial charge is 0.314 e. The van der Waals surface area contributed by atoms with Gasteiger partial charge in [-0.3, -0.25) is 0 Å². The van der Waals surface area contributed by atoms with Crippen LogP contribution in [0.15, 0.2) is 24.3 Å². The van der Waals surface area contributed by atoms with Crippen molar-refractivity contribution in [2.24, 2.45) is 5.41 Å². The Morgan fingerprint density at radius 2 is 1.90 bits per heavy atom. The molecule has 3 rings (SSSR count). The van der Waals surface area contributed by atoms with Crippen LogP contribution < -0.4 is 5.32 Å². The number of nitrogens with one attached hydrogen (secondary N) is 1. The Labute approximate surface area is 128 Å². The number of hydrogen-bond acceptors (Lipinski definition) is 1. The van der Waals surface area contributed by atoms with Crippen molar-refractivity contribution in [2.45, 2.75) is 63.8 Å². The fraction of sp³-hybridized carbons (Fsp3) is 0.667. The van der Waals surface area contributed by atoms with Crippen molar-refractivity contribution in [3.63, 3.8) is 0 Å². The molecule has 0 aromatic heterocycles. The summed E-state index contributed by atoms with van der Waals surface area (Å²) in [5.41, 5.74) is 2.41. The van der Waals surface area contributed by atoms with Crippen LogP contribution in [0.1, 0.15) is 57.9 Å². The third kappa shape index (κ3) is 2.63. The molecule has 1 N–H and O–H groups in total. The lowest BCUT2D eigenvalue weighted by atomic mass is 9.49. The van der Waals surface area contributed by atoms with E-state index in [9.17, 15) is 0 Å². The first-order valence-electron chi connectivity index (χ1n) is 8.03. The number of benzene rings is 1. The van der Waals surface area contributed by atoms with Gasteiger partial charge in [0.2, 0.25) is 0 Å². The minimum Gasteiger partial charge on any atom is -0.314 e. The summed E-state index contributed by atoms with van der Waals surface area (Å²) in [7, 11) is 0. The summed E-state index contributed by atoms with van der Waals surface area (Å²) < 4.78 is 0. The van der Waals surface area contributed by atoms with E-state index < -0.39 is 0 Å². The summed E-state index contributed by atoms with van der Waals surface area (Å²) in [6.07, 6.45) is 8.45. The third-order valence-electron chi connectivity index (χ3n) is 5.38. The zero-order chi connectivity index (χ0) is 14.2. The van der Waals surface area contributed by atoms with Crippen LogP contribution >= 0.6 is 11.6 Å². The maximum atomic E-state index is 6.23. The molecule has 20 heavy (non-hydrogen) atoms. The van der Waals surface area contributed by atoms with Crippen LogP contribution in [0.5, 0.6) is 0 Å². The first-order chi connectivity index (χ1) is 9.54. The highest BCUT2D eigenvalue weighted by Gasteiger charge is 2.55. The van der Waals surface area contributed by atoms with Crippen molar-refractivity contribution >= 4 is 11.6 Å². The van der Waals surface area contributed by atoms with Gasteiger partial charge >= 0.3 is 0 Å². The summed E-state index contributed by atoms with van der Waals surface area (Å²) >= 11 is 6.23. The molecule has 1 nitrogen and oxygen atoms in total. The molecule has 2 fully saturated rings. The monoisotopic (exact) mass is 291 g/mol. The molecule has 2 saturated carbocycles. The van der Waals surface area contributed by atoms with Crippen molar-refractivity contribution in [1.29, 1.82) is 0 Å². The second-order valence-electron chi connectivity index (χ2n) is 7.39. The maximum Gasteiger partial charge on any atom is 0.0408 e. The second-order valence-corrected chi connectivity index (χ2v) is 7.82.